The average Bonchev–Trinajstić information content (AvgIpc) is 2.92. The predicted molar refractivity (Wildman–Crippen MR) is 188 cm³/mol. The SMILES string of the molecule is CC(C)OC(=O)OCCCCCCOC(=O)NC1CC(C)(C)CC(C)(CNC(=O)OCCCCOC(=O)NC2CC(C)(C)CC(C)(C)C2)C1. The van der Waals surface area contributed by atoms with Crippen molar-refractivity contribution in [2.75, 3.05) is 33.0 Å². The minimum Gasteiger partial charge on any atom is -0.450 e. The Morgan fingerprint density at radius 3 is 1.47 bits per heavy atom. The lowest BCUT2D eigenvalue weighted by atomic mass is 9.62. The average molecular weight is 698 g/mol. The van der Waals surface area contributed by atoms with Crippen molar-refractivity contribution in [3.05, 3.63) is 0 Å². The second kappa shape index (κ2) is 19.5. The zero-order valence-corrected chi connectivity index (χ0v) is 31.9. The van der Waals surface area contributed by atoms with E-state index in [4.69, 9.17) is 23.7 Å². The number of amides is 3. The van der Waals surface area contributed by atoms with Gasteiger partial charge in [-0.1, -0.05) is 48.5 Å². The highest BCUT2D eigenvalue weighted by Crippen LogP contribution is 2.46. The molecule has 12 heteroatoms. The van der Waals surface area contributed by atoms with Crippen molar-refractivity contribution in [3.8, 4) is 0 Å². The van der Waals surface area contributed by atoms with Crippen LogP contribution < -0.4 is 16.0 Å². The number of hydrogen-bond acceptors (Lipinski definition) is 9. The molecular formula is C37H67N3O9. The highest BCUT2D eigenvalue weighted by Gasteiger charge is 2.42. The predicted octanol–water partition coefficient (Wildman–Crippen LogP) is 8.26. The van der Waals surface area contributed by atoms with Gasteiger partial charge in [0.05, 0.1) is 32.5 Å². The van der Waals surface area contributed by atoms with Crippen LogP contribution in [0.1, 0.15) is 139 Å². The Hall–Kier alpha value is -2.92. The smallest absolute Gasteiger partial charge is 0.450 e. The lowest BCUT2D eigenvalue weighted by Gasteiger charge is -2.46. The van der Waals surface area contributed by atoms with Crippen molar-refractivity contribution in [1.82, 2.24) is 16.0 Å². The second-order valence-electron chi connectivity index (χ2n) is 17.3. The second-order valence-corrected chi connectivity index (χ2v) is 17.3. The van der Waals surface area contributed by atoms with Gasteiger partial charge in [-0.2, -0.15) is 0 Å². The molecule has 2 atom stereocenters. The van der Waals surface area contributed by atoms with Crippen LogP contribution in [0.3, 0.4) is 0 Å². The summed E-state index contributed by atoms with van der Waals surface area (Å²) in [6, 6.07) is 0.0357. The van der Waals surface area contributed by atoms with E-state index in [1.165, 1.54) is 0 Å². The number of unbranched alkanes of at least 4 members (excludes halogenated alkanes) is 4. The summed E-state index contributed by atoms with van der Waals surface area (Å²) < 4.78 is 26.1. The van der Waals surface area contributed by atoms with Gasteiger partial charge in [-0.15, -0.1) is 0 Å². The third kappa shape index (κ3) is 18.6. The molecule has 12 nitrogen and oxygen atoms in total. The summed E-state index contributed by atoms with van der Waals surface area (Å²) in [5.74, 6) is 0. The van der Waals surface area contributed by atoms with Gasteiger partial charge in [0, 0.05) is 18.6 Å². The molecule has 2 unspecified atom stereocenters. The van der Waals surface area contributed by atoms with Crippen LogP contribution in [0, 0.1) is 21.7 Å². The standard InChI is InChI=1S/C37H67N3O9/c1-27(2)49-33(44)48-19-13-11-10-12-16-46-32(43)40-29-22-36(7,8)25-37(9,23-29)26-38-30(41)45-17-14-15-18-47-31(42)39-28-20-34(3,4)24-35(5,6)21-28/h27-29H,10-26H2,1-9H3,(H,38,41)(H,39,42)(H,40,43). The van der Waals surface area contributed by atoms with Crippen LogP contribution in [0.2, 0.25) is 0 Å². The van der Waals surface area contributed by atoms with Crippen molar-refractivity contribution in [3.63, 3.8) is 0 Å². The monoisotopic (exact) mass is 697 g/mol. The van der Waals surface area contributed by atoms with Crippen LogP contribution >= 0.6 is 0 Å². The molecule has 2 fully saturated rings. The van der Waals surface area contributed by atoms with E-state index < -0.39 is 18.3 Å². The summed E-state index contributed by atoms with van der Waals surface area (Å²) in [7, 11) is 0. The molecule has 3 N–H and O–H groups in total. The summed E-state index contributed by atoms with van der Waals surface area (Å²) in [5, 5.41) is 8.98. The van der Waals surface area contributed by atoms with Gasteiger partial charge in [-0.25, -0.2) is 19.2 Å². The Labute approximate surface area is 295 Å². The van der Waals surface area contributed by atoms with E-state index in [0.29, 0.717) is 39.0 Å². The third-order valence-electron chi connectivity index (χ3n) is 9.13. The number of alkyl carbamates (subject to hydrolysis) is 3. The van der Waals surface area contributed by atoms with E-state index in [0.717, 1.165) is 57.8 Å². The van der Waals surface area contributed by atoms with Gasteiger partial charge < -0.3 is 39.6 Å². The molecule has 284 valence electrons. The first-order chi connectivity index (χ1) is 22.8. The molecule has 2 rings (SSSR count). The first-order valence-corrected chi connectivity index (χ1v) is 18.4. The molecule has 2 saturated carbocycles. The summed E-state index contributed by atoms with van der Waals surface area (Å²) in [6.07, 6.45) is 7.65. The van der Waals surface area contributed by atoms with Crippen molar-refractivity contribution in [1.29, 1.82) is 0 Å². The molecule has 2 aliphatic rings. The number of ether oxygens (including phenoxy) is 5. The first-order valence-electron chi connectivity index (χ1n) is 18.4. The molecule has 0 aromatic carbocycles. The lowest BCUT2D eigenvalue weighted by molar-refractivity contribution is 0.0334. The molecule has 0 bridgehead atoms. The Balaban J connectivity index is 1.58. The van der Waals surface area contributed by atoms with Gasteiger partial charge in [-0.3, -0.25) is 0 Å². The molecule has 0 saturated heterocycles. The van der Waals surface area contributed by atoms with Crippen molar-refractivity contribution < 1.29 is 42.9 Å². The topological polar surface area (TPSA) is 151 Å². The fraction of sp³-hybridized carbons (Fsp3) is 0.892. The van der Waals surface area contributed by atoms with Crippen molar-refractivity contribution in [2.24, 2.45) is 21.7 Å². The Bertz CT molecular complexity index is 1050. The van der Waals surface area contributed by atoms with Crippen LogP contribution in [0.5, 0.6) is 0 Å². The maximum Gasteiger partial charge on any atom is 0.508 e. The normalized spacial score (nSPS) is 22.8. The Kier molecular flexibility index (Phi) is 16.8. The van der Waals surface area contributed by atoms with Crippen LogP contribution in [-0.4, -0.2) is 75.6 Å². The van der Waals surface area contributed by atoms with Crippen LogP contribution in [0.25, 0.3) is 0 Å². The Morgan fingerprint density at radius 2 is 0.980 bits per heavy atom. The minimum absolute atomic E-state index is 0.0319. The molecule has 0 aromatic rings. The number of hydrogen-bond donors (Lipinski definition) is 3. The van der Waals surface area contributed by atoms with Gasteiger partial charge in [0.1, 0.15) is 0 Å². The van der Waals surface area contributed by atoms with Crippen LogP contribution in [-0.2, 0) is 23.7 Å². The number of nitrogens with one attached hydrogen (secondary N) is 3. The van der Waals surface area contributed by atoms with Gasteiger partial charge in [0.25, 0.3) is 0 Å². The maximum absolute atomic E-state index is 12.5. The zero-order chi connectivity index (χ0) is 36.7. The van der Waals surface area contributed by atoms with E-state index in [2.05, 4.69) is 64.4 Å². The molecule has 49 heavy (non-hydrogen) atoms. The van der Waals surface area contributed by atoms with E-state index in [1.54, 1.807) is 13.8 Å². The Morgan fingerprint density at radius 1 is 0.571 bits per heavy atom. The summed E-state index contributed by atoms with van der Waals surface area (Å²) in [4.78, 5) is 48.7. The largest absolute Gasteiger partial charge is 0.508 e. The molecule has 0 aliphatic heterocycles. The summed E-state index contributed by atoms with van der Waals surface area (Å²) in [5.41, 5.74) is 0.103. The highest BCUT2D eigenvalue weighted by molar-refractivity contribution is 5.68. The number of carbonyl (C=O) groups is 4. The fourth-order valence-electron chi connectivity index (χ4n) is 8.21. The number of carbonyl (C=O) groups excluding carboxylic acids is 4. The van der Waals surface area contributed by atoms with Crippen LogP contribution in [0.4, 0.5) is 19.2 Å². The van der Waals surface area contributed by atoms with Gasteiger partial charge in [0.2, 0.25) is 0 Å². The lowest BCUT2D eigenvalue weighted by Crippen LogP contribution is -2.50. The van der Waals surface area contributed by atoms with E-state index >= 15 is 0 Å². The quantitative estimate of drug-likeness (QED) is 0.0775. The van der Waals surface area contributed by atoms with Crippen molar-refractivity contribution >= 4 is 24.4 Å². The molecule has 0 heterocycles. The van der Waals surface area contributed by atoms with Gasteiger partial charge in [-0.05, 0) is 113 Å². The molecule has 3 amide bonds. The molecule has 2 aliphatic carbocycles. The van der Waals surface area contributed by atoms with Crippen LogP contribution in [0.15, 0.2) is 0 Å². The molecule has 0 radical (unpaired) electrons. The minimum atomic E-state index is -0.646. The van der Waals surface area contributed by atoms with Gasteiger partial charge in [0.15, 0.2) is 0 Å². The van der Waals surface area contributed by atoms with Crippen molar-refractivity contribution in [2.45, 2.75) is 158 Å². The fourth-order valence-corrected chi connectivity index (χ4v) is 8.21. The van der Waals surface area contributed by atoms with E-state index in [9.17, 15) is 19.2 Å². The van der Waals surface area contributed by atoms with Gasteiger partial charge >= 0.3 is 24.4 Å². The maximum atomic E-state index is 12.5. The van der Waals surface area contributed by atoms with E-state index in [-0.39, 0.29) is 59.2 Å². The zero-order valence-electron chi connectivity index (χ0n) is 31.9. The summed E-state index contributed by atoms with van der Waals surface area (Å²) in [6.45, 7) is 20.6. The molecule has 0 aromatic heterocycles. The molecular weight excluding hydrogens is 630 g/mol. The molecule has 0 spiro atoms. The highest BCUT2D eigenvalue weighted by atomic mass is 16.7. The van der Waals surface area contributed by atoms with E-state index in [1.807, 2.05) is 0 Å². The first kappa shape index (κ1) is 42.2. The third-order valence-corrected chi connectivity index (χ3v) is 9.13. The summed E-state index contributed by atoms with van der Waals surface area (Å²) >= 11 is 0. The number of rotatable bonds is 17.